The van der Waals surface area contributed by atoms with E-state index in [1.54, 1.807) is 29.8 Å². The number of nitrogens with one attached hydrogen (secondary N) is 1. The first-order valence-corrected chi connectivity index (χ1v) is 8.67. The number of hydrogen-bond donors (Lipinski definition) is 1. The number of fused-ring (bicyclic) bond motifs is 1. The molecule has 0 saturated heterocycles. The quantitative estimate of drug-likeness (QED) is 0.467. The van der Waals surface area contributed by atoms with Gasteiger partial charge in [0.15, 0.2) is 11.6 Å². The fraction of sp³-hybridized carbons (Fsp3) is 0.0588. The number of pyridine rings is 2. The largest absolute Gasteiger partial charge is 0.481 e. The third kappa shape index (κ3) is 3.05. The summed E-state index contributed by atoms with van der Waals surface area (Å²) < 4.78 is 21.8. The zero-order valence-corrected chi connectivity index (χ0v) is 15.7. The molecule has 4 rings (SSSR count). The average molecular weight is 462 g/mol. The molecule has 1 N–H and O–H groups in total. The Morgan fingerprint density at radius 1 is 1.15 bits per heavy atom. The first kappa shape index (κ1) is 16.6. The Hall–Kier alpha value is -2.82. The van der Waals surface area contributed by atoms with Crippen LogP contribution in [0.15, 0.2) is 48.8 Å². The van der Waals surface area contributed by atoms with Crippen molar-refractivity contribution in [1.82, 2.24) is 24.6 Å². The van der Waals surface area contributed by atoms with Crippen molar-refractivity contribution in [2.24, 2.45) is 0 Å². The van der Waals surface area contributed by atoms with Gasteiger partial charge in [-0.15, -0.1) is 5.10 Å². The zero-order valence-electron chi connectivity index (χ0n) is 13.5. The molecule has 0 saturated carbocycles. The molecule has 4 heterocycles. The average Bonchev–Trinajstić information content (AvgIpc) is 3.05. The lowest BCUT2D eigenvalue weighted by molar-refractivity contribution is 0.398. The van der Waals surface area contributed by atoms with Crippen LogP contribution >= 0.6 is 22.6 Å². The van der Waals surface area contributed by atoms with Crippen LogP contribution in [0.25, 0.3) is 17.0 Å². The maximum absolute atomic E-state index is 14.0. The molecule has 0 aliphatic rings. The maximum Gasteiger partial charge on any atom is 0.213 e. The standard InChI is InChI=1S/C17H12FIN6O/c1-26-15-4-2-3-12(21-15)16-23-17(13-5-6-14(19)25(13)24-16)22-11-7-8-20-9-10(11)18/h2-9H,1H3,(H,20,22,23,24). The fourth-order valence-electron chi connectivity index (χ4n) is 2.42. The summed E-state index contributed by atoms with van der Waals surface area (Å²) in [5.41, 5.74) is 1.55. The van der Waals surface area contributed by atoms with Crippen LogP contribution in [0.2, 0.25) is 0 Å². The van der Waals surface area contributed by atoms with E-state index in [1.807, 2.05) is 18.2 Å². The van der Waals surface area contributed by atoms with E-state index < -0.39 is 5.82 Å². The monoisotopic (exact) mass is 462 g/mol. The molecule has 0 amide bonds. The van der Waals surface area contributed by atoms with Crippen molar-refractivity contribution in [3.05, 3.63) is 58.3 Å². The number of methoxy groups -OCH3 is 1. The van der Waals surface area contributed by atoms with Crippen LogP contribution < -0.4 is 10.1 Å². The van der Waals surface area contributed by atoms with Gasteiger partial charge in [0.1, 0.15) is 14.9 Å². The Morgan fingerprint density at radius 3 is 2.85 bits per heavy atom. The SMILES string of the molecule is COc1cccc(-c2nc(Nc3ccncc3F)c3ccc(I)n3n2)n1. The van der Waals surface area contributed by atoms with E-state index in [1.165, 1.54) is 6.20 Å². The molecule has 0 aliphatic heterocycles. The van der Waals surface area contributed by atoms with Crippen molar-refractivity contribution in [1.29, 1.82) is 0 Å². The van der Waals surface area contributed by atoms with E-state index in [9.17, 15) is 4.39 Å². The molecular formula is C17H12FIN6O. The molecule has 0 radical (unpaired) electrons. The molecular weight excluding hydrogens is 450 g/mol. The van der Waals surface area contributed by atoms with Gasteiger partial charge >= 0.3 is 0 Å². The normalized spacial score (nSPS) is 10.9. The molecule has 0 aromatic carbocycles. The fourth-order valence-corrected chi connectivity index (χ4v) is 2.97. The highest BCUT2D eigenvalue weighted by atomic mass is 127. The Bertz CT molecular complexity index is 1100. The summed E-state index contributed by atoms with van der Waals surface area (Å²) in [7, 11) is 1.55. The maximum atomic E-state index is 14.0. The van der Waals surface area contributed by atoms with E-state index in [2.05, 4.69) is 48.0 Å². The van der Waals surface area contributed by atoms with Crippen LogP contribution in [0.3, 0.4) is 0 Å². The van der Waals surface area contributed by atoms with Crippen molar-refractivity contribution in [3.8, 4) is 17.4 Å². The second-order valence-electron chi connectivity index (χ2n) is 5.28. The van der Waals surface area contributed by atoms with Crippen molar-refractivity contribution in [2.75, 3.05) is 12.4 Å². The molecule has 4 aromatic heterocycles. The molecule has 0 fully saturated rings. The van der Waals surface area contributed by atoms with Gasteiger partial charge in [-0.25, -0.2) is 18.9 Å². The van der Waals surface area contributed by atoms with Gasteiger partial charge in [0.2, 0.25) is 11.7 Å². The van der Waals surface area contributed by atoms with E-state index in [4.69, 9.17) is 4.74 Å². The third-order valence-electron chi connectivity index (χ3n) is 3.65. The lowest BCUT2D eigenvalue weighted by atomic mass is 10.3. The number of anilines is 2. The molecule has 0 spiro atoms. The van der Waals surface area contributed by atoms with Gasteiger partial charge in [-0.2, -0.15) is 0 Å². The molecule has 9 heteroatoms. The number of rotatable bonds is 4. The van der Waals surface area contributed by atoms with Gasteiger partial charge in [-0.1, -0.05) is 6.07 Å². The van der Waals surface area contributed by atoms with Crippen molar-refractivity contribution < 1.29 is 9.13 Å². The minimum absolute atomic E-state index is 0.279. The summed E-state index contributed by atoms with van der Waals surface area (Å²) in [6, 6.07) is 10.7. The molecule has 0 unspecified atom stereocenters. The minimum atomic E-state index is -0.466. The number of halogens is 2. The van der Waals surface area contributed by atoms with E-state index in [0.29, 0.717) is 23.2 Å². The number of aromatic nitrogens is 5. The van der Waals surface area contributed by atoms with Gasteiger partial charge in [-0.3, -0.25) is 4.98 Å². The molecule has 7 nitrogen and oxygen atoms in total. The molecule has 0 atom stereocenters. The topological polar surface area (TPSA) is 77.2 Å². The third-order valence-corrected chi connectivity index (χ3v) is 4.47. The van der Waals surface area contributed by atoms with Gasteiger partial charge in [0.05, 0.1) is 19.0 Å². The predicted octanol–water partition coefficient (Wildman–Crippen LogP) is 3.68. The van der Waals surface area contributed by atoms with Crippen molar-refractivity contribution >= 4 is 39.6 Å². The lowest BCUT2D eigenvalue weighted by Crippen LogP contribution is -2.06. The number of hydrogen-bond acceptors (Lipinski definition) is 6. The highest BCUT2D eigenvalue weighted by molar-refractivity contribution is 14.1. The van der Waals surface area contributed by atoms with Crippen LogP contribution in [-0.2, 0) is 0 Å². The smallest absolute Gasteiger partial charge is 0.213 e. The molecule has 0 aliphatic carbocycles. The summed E-state index contributed by atoms with van der Waals surface area (Å²) in [4.78, 5) is 12.7. The molecule has 130 valence electrons. The van der Waals surface area contributed by atoms with Crippen LogP contribution in [0.5, 0.6) is 5.88 Å². The first-order chi connectivity index (χ1) is 12.7. The van der Waals surface area contributed by atoms with Gasteiger partial charge < -0.3 is 10.1 Å². The summed E-state index contributed by atoms with van der Waals surface area (Å²) in [5.74, 6) is 0.852. The Morgan fingerprint density at radius 2 is 2.04 bits per heavy atom. The summed E-state index contributed by atoms with van der Waals surface area (Å²) in [6.07, 6.45) is 2.66. The highest BCUT2D eigenvalue weighted by Gasteiger charge is 2.14. The highest BCUT2D eigenvalue weighted by Crippen LogP contribution is 2.26. The van der Waals surface area contributed by atoms with E-state index >= 15 is 0 Å². The molecule has 26 heavy (non-hydrogen) atoms. The van der Waals surface area contributed by atoms with Gasteiger partial charge in [0.25, 0.3) is 0 Å². The van der Waals surface area contributed by atoms with Crippen molar-refractivity contribution in [3.63, 3.8) is 0 Å². The minimum Gasteiger partial charge on any atom is -0.481 e. The van der Waals surface area contributed by atoms with Gasteiger partial charge in [0, 0.05) is 12.3 Å². The first-order valence-electron chi connectivity index (χ1n) is 7.59. The summed E-state index contributed by atoms with van der Waals surface area (Å²) >= 11 is 2.17. The summed E-state index contributed by atoms with van der Waals surface area (Å²) in [5, 5.41) is 7.56. The second kappa shape index (κ2) is 6.83. The number of nitrogens with zero attached hydrogens (tertiary/aromatic N) is 5. The van der Waals surface area contributed by atoms with Crippen LogP contribution in [-0.4, -0.2) is 31.7 Å². The Kier molecular flexibility index (Phi) is 4.37. The molecule has 0 bridgehead atoms. The zero-order chi connectivity index (χ0) is 18.1. The second-order valence-corrected chi connectivity index (χ2v) is 6.39. The molecule has 4 aromatic rings. The van der Waals surface area contributed by atoms with Crippen LogP contribution in [0.4, 0.5) is 15.9 Å². The Balaban J connectivity index is 1.87. The van der Waals surface area contributed by atoms with Crippen LogP contribution in [0, 0.1) is 9.52 Å². The Labute approximate surface area is 161 Å². The van der Waals surface area contributed by atoms with Gasteiger partial charge in [-0.05, 0) is 46.9 Å². The lowest BCUT2D eigenvalue weighted by Gasteiger charge is -2.10. The summed E-state index contributed by atoms with van der Waals surface area (Å²) in [6.45, 7) is 0. The van der Waals surface area contributed by atoms with E-state index in [-0.39, 0.29) is 5.69 Å². The predicted molar refractivity (Wildman–Crippen MR) is 103 cm³/mol. The number of ether oxygens (including phenoxy) is 1. The van der Waals surface area contributed by atoms with Crippen molar-refractivity contribution in [2.45, 2.75) is 0 Å². The van der Waals surface area contributed by atoms with E-state index in [0.717, 1.165) is 15.4 Å². The van der Waals surface area contributed by atoms with Crippen LogP contribution in [0.1, 0.15) is 0 Å².